The van der Waals surface area contributed by atoms with E-state index in [0.29, 0.717) is 6.04 Å². The zero-order valence-corrected chi connectivity index (χ0v) is 14.0. The molecule has 0 aromatic carbocycles. The molecule has 1 saturated heterocycles. The number of hydrogen-bond donors (Lipinski definition) is 2. The Morgan fingerprint density at radius 3 is 2.35 bits per heavy atom. The van der Waals surface area contributed by atoms with Crippen LogP contribution in [-0.2, 0) is 4.79 Å². The van der Waals surface area contributed by atoms with E-state index in [9.17, 15) is 4.79 Å². The number of amides is 1. The molecule has 2 atom stereocenters. The highest BCUT2D eigenvalue weighted by Gasteiger charge is 2.23. The smallest absolute Gasteiger partial charge is 0.237 e. The number of piperidine rings is 1. The summed E-state index contributed by atoms with van der Waals surface area (Å²) in [6, 6.07) is 0.373. The molecule has 1 aliphatic heterocycles. The Hall–Kier alpha value is -0.610. The molecule has 20 heavy (non-hydrogen) atoms. The fourth-order valence-electron chi connectivity index (χ4n) is 2.46. The Morgan fingerprint density at radius 1 is 1.20 bits per heavy atom. The molecule has 1 heterocycles. The number of carbonyl (C=O) groups excluding carboxylic acids is 1. The number of nitrogens with zero attached hydrogens (tertiary/aromatic N) is 1. The lowest BCUT2D eigenvalue weighted by molar-refractivity contribution is -0.124. The summed E-state index contributed by atoms with van der Waals surface area (Å²) >= 11 is 0. The van der Waals surface area contributed by atoms with Crippen LogP contribution in [0, 0.1) is 0 Å². The van der Waals surface area contributed by atoms with Gasteiger partial charge in [0.1, 0.15) is 0 Å². The van der Waals surface area contributed by atoms with Crippen LogP contribution in [0.1, 0.15) is 60.3 Å². The van der Waals surface area contributed by atoms with Crippen molar-refractivity contribution in [1.29, 1.82) is 0 Å². The average Bonchev–Trinajstić information content (AvgIpc) is 2.44. The maximum absolute atomic E-state index is 12.1. The first-order chi connectivity index (χ1) is 9.35. The Kier molecular flexibility index (Phi) is 6.96. The average molecular weight is 283 g/mol. The molecule has 2 N–H and O–H groups in total. The summed E-state index contributed by atoms with van der Waals surface area (Å²) in [5.41, 5.74) is -0.120. The normalized spacial score (nSPS) is 20.4. The molecule has 1 aliphatic rings. The van der Waals surface area contributed by atoms with Crippen LogP contribution in [0.5, 0.6) is 0 Å². The van der Waals surface area contributed by atoms with Crippen molar-refractivity contribution < 1.29 is 4.79 Å². The van der Waals surface area contributed by atoms with E-state index >= 15 is 0 Å². The van der Waals surface area contributed by atoms with Gasteiger partial charge in [-0.05, 0) is 60.0 Å². The summed E-state index contributed by atoms with van der Waals surface area (Å²) in [5.74, 6) is 0.0997. The van der Waals surface area contributed by atoms with Gasteiger partial charge in [-0.2, -0.15) is 0 Å². The minimum absolute atomic E-state index is 0.0997. The zero-order valence-electron chi connectivity index (χ0n) is 14.0. The fraction of sp³-hybridized carbons (Fsp3) is 0.938. The van der Waals surface area contributed by atoms with Crippen LogP contribution in [0.3, 0.4) is 0 Å². The van der Waals surface area contributed by atoms with Crippen molar-refractivity contribution in [2.24, 2.45) is 0 Å². The van der Waals surface area contributed by atoms with Gasteiger partial charge in [-0.3, -0.25) is 9.69 Å². The van der Waals surface area contributed by atoms with E-state index in [4.69, 9.17) is 0 Å². The molecule has 1 amide bonds. The minimum Gasteiger partial charge on any atom is -0.350 e. The predicted octanol–water partition coefficient (Wildman–Crippen LogP) is 2.14. The maximum Gasteiger partial charge on any atom is 0.237 e. The zero-order chi connectivity index (χ0) is 15.2. The van der Waals surface area contributed by atoms with Gasteiger partial charge >= 0.3 is 0 Å². The van der Waals surface area contributed by atoms with Gasteiger partial charge in [0, 0.05) is 18.1 Å². The number of likely N-dealkylation sites (tertiary alicyclic amines) is 1. The first kappa shape index (κ1) is 17.4. The van der Waals surface area contributed by atoms with Crippen molar-refractivity contribution in [1.82, 2.24) is 15.5 Å². The largest absolute Gasteiger partial charge is 0.350 e. The molecule has 0 aromatic heterocycles. The summed E-state index contributed by atoms with van der Waals surface area (Å²) in [6.07, 6.45) is 4.92. The van der Waals surface area contributed by atoms with Crippen molar-refractivity contribution in [2.75, 3.05) is 19.6 Å². The Labute approximate surface area is 124 Å². The molecule has 2 unspecified atom stereocenters. The molecule has 0 bridgehead atoms. The molecule has 0 saturated carbocycles. The topological polar surface area (TPSA) is 44.4 Å². The highest BCUT2D eigenvalue weighted by Crippen LogP contribution is 2.11. The number of nitrogens with one attached hydrogen (secondary N) is 2. The van der Waals surface area contributed by atoms with Crippen molar-refractivity contribution in [2.45, 2.75) is 77.9 Å². The molecule has 118 valence electrons. The predicted molar refractivity (Wildman–Crippen MR) is 84.9 cm³/mol. The first-order valence-corrected chi connectivity index (χ1v) is 8.15. The summed E-state index contributed by atoms with van der Waals surface area (Å²) in [4.78, 5) is 14.6. The highest BCUT2D eigenvalue weighted by molar-refractivity contribution is 5.81. The van der Waals surface area contributed by atoms with E-state index in [2.05, 4.69) is 43.2 Å². The summed E-state index contributed by atoms with van der Waals surface area (Å²) < 4.78 is 0. The van der Waals surface area contributed by atoms with Crippen LogP contribution in [0.25, 0.3) is 0 Å². The third-order valence-electron chi connectivity index (χ3n) is 4.47. The molecular weight excluding hydrogens is 250 g/mol. The van der Waals surface area contributed by atoms with E-state index in [1.54, 1.807) is 0 Å². The van der Waals surface area contributed by atoms with Crippen LogP contribution >= 0.6 is 0 Å². The van der Waals surface area contributed by atoms with Gasteiger partial charge in [0.05, 0.1) is 6.04 Å². The standard InChI is InChI=1S/C16H33N3O/c1-6-16(4,5)18-15(20)14(3)17-12-13(2)19-10-8-7-9-11-19/h13-14,17H,6-12H2,1-5H3,(H,18,20). The maximum atomic E-state index is 12.1. The molecule has 0 spiro atoms. The number of carbonyl (C=O) groups is 1. The molecule has 1 rings (SSSR count). The van der Waals surface area contributed by atoms with Gasteiger partial charge in [-0.25, -0.2) is 0 Å². The van der Waals surface area contributed by atoms with Crippen molar-refractivity contribution in [3.8, 4) is 0 Å². The monoisotopic (exact) mass is 283 g/mol. The Bertz CT molecular complexity index is 298. The van der Waals surface area contributed by atoms with Gasteiger partial charge in [0.15, 0.2) is 0 Å². The molecule has 4 nitrogen and oxygen atoms in total. The molecule has 0 aliphatic carbocycles. The van der Waals surface area contributed by atoms with E-state index in [1.165, 1.54) is 32.4 Å². The van der Waals surface area contributed by atoms with E-state index < -0.39 is 0 Å². The van der Waals surface area contributed by atoms with Crippen LogP contribution < -0.4 is 10.6 Å². The quantitative estimate of drug-likeness (QED) is 0.752. The third-order valence-corrected chi connectivity index (χ3v) is 4.47. The first-order valence-electron chi connectivity index (χ1n) is 8.15. The lowest BCUT2D eigenvalue weighted by Gasteiger charge is -2.33. The summed E-state index contributed by atoms with van der Waals surface area (Å²) in [6.45, 7) is 13.7. The van der Waals surface area contributed by atoms with E-state index in [-0.39, 0.29) is 17.5 Å². The second-order valence-corrected chi connectivity index (χ2v) is 6.80. The SMILES string of the molecule is CCC(C)(C)NC(=O)C(C)NCC(C)N1CCCCC1. The number of hydrogen-bond acceptors (Lipinski definition) is 3. The van der Waals surface area contributed by atoms with Gasteiger partial charge in [0.2, 0.25) is 5.91 Å². The minimum atomic E-state index is -0.131. The molecule has 0 aromatic rings. The Morgan fingerprint density at radius 2 is 1.80 bits per heavy atom. The van der Waals surface area contributed by atoms with Crippen LogP contribution in [0.15, 0.2) is 0 Å². The van der Waals surface area contributed by atoms with Crippen LogP contribution in [-0.4, -0.2) is 48.1 Å². The van der Waals surface area contributed by atoms with Crippen LogP contribution in [0.2, 0.25) is 0 Å². The fourth-order valence-corrected chi connectivity index (χ4v) is 2.46. The second kappa shape index (κ2) is 7.99. The van der Waals surface area contributed by atoms with Crippen molar-refractivity contribution in [3.63, 3.8) is 0 Å². The second-order valence-electron chi connectivity index (χ2n) is 6.80. The van der Waals surface area contributed by atoms with Gasteiger partial charge in [-0.15, -0.1) is 0 Å². The van der Waals surface area contributed by atoms with Gasteiger partial charge < -0.3 is 10.6 Å². The lowest BCUT2D eigenvalue weighted by atomic mass is 10.0. The number of rotatable bonds is 7. The molecule has 0 radical (unpaired) electrons. The molecular formula is C16H33N3O. The van der Waals surface area contributed by atoms with E-state index in [0.717, 1.165) is 13.0 Å². The molecule has 4 heteroatoms. The summed E-state index contributed by atoms with van der Waals surface area (Å²) in [5, 5.41) is 6.47. The highest BCUT2D eigenvalue weighted by atomic mass is 16.2. The summed E-state index contributed by atoms with van der Waals surface area (Å²) in [7, 11) is 0. The van der Waals surface area contributed by atoms with Crippen LogP contribution in [0.4, 0.5) is 0 Å². The van der Waals surface area contributed by atoms with Crippen molar-refractivity contribution >= 4 is 5.91 Å². The lowest BCUT2D eigenvalue weighted by Crippen LogP contribution is -2.53. The van der Waals surface area contributed by atoms with Gasteiger partial charge in [-0.1, -0.05) is 13.3 Å². The van der Waals surface area contributed by atoms with E-state index in [1.807, 2.05) is 6.92 Å². The molecule has 1 fully saturated rings. The van der Waals surface area contributed by atoms with Crippen molar-refractivity contribution in [3.05, 3.63) is 0 Å². The third kappa shape index (κ3) is 5.80. The van der Waals surface area contributed by atoms with Gasteiger partial charge in [0.25, 0.3) is 0 Å². The Balaban J connectivity index is 2.30.